The highest BCUT2D eigenvalue weighted by Crippen LogP contribution is 2.23. The number of thiazole rings is 1. The van der Waals surface area contributed by atoms with Crippen LogP contribution >= 0.6 is 23.1 Å². The van der Waals surface area contributed by atoms with Gasteiger partial charge in [0.15, 0.2) is 4.80 Å². The lowest BCUT2D eigenvalue weighted by Gasteiger charge is -2.05. The van der Waals surface area contributed by atoms with Gasteiger partial charge >= 0.3 is 0 Å². The number of nitrogens with zero attached hydrogens (tertiary/aromatic N) is 2. The number of aromatic nitrogens is 1. The Kier molecular flexibility index (Phi) is 6.00. The van der Waals surface area contributed by atoms with Crippen LogP contribution in [0.4, 0.5) is 0 Å². The fraction of sp³-hybridized carbons (Fsp3) is 0.263. The van der Waals surface area contributed by atoms with Crippen molar-refractivity contribution in [3.8, 4) is 11.5 Å². The molecule has 3 aromatic rings. The van der Waals surface area contributed by atoms with Crippen molar-refractivity contribution in [2.24, 2.45) is 4.99 Å². The summed E-state index contributed by atoms with van der Waals surface area (Å²) in [6, 6.07) is 13.0. The monoisotopic (exact) mass is 388 g/mol. The average Bonchev–Trinajstić information content (AvgIpc) is 3.02. The first-order chi connectivity index (χ1) is 12.7. The minimum atomic E-state index is -0.277. The summed E-state index contributed by atoms with van der Waals surface area (Å²) in [6.45, 7) is 0.776. The lowest BCUT2D eigenvalue weighted by molar-refractivity contribution is 0.0997. The first-order valence-corrected chi connectivity index (χ1v) is 10.3. The molecule has 7 heteroatoms. The molecule has 0 saturated heterocycles. The normalized spacial score (nSPS) is 11.7. The molecule has 1 amide bonds. The number of benzene rings is 2. The number of amides is 1. The standard InChI is InChI=1S/C19H20N2O3S2/c1-23-14-6-4-5-13(11-14)18(22)20-19-21(9-10-25-3)16-12-15(24-2)7-8-17(16)26-19/h4-8,11-12H,9-10H2,1-3H3. The number of aryl methyl sites for hydroxylation is 1. The second-order valence-corrected chi connectivity index (χ2v) is 7.51. The van der Waals surface area contributed by atoms with Gasteiger partial charge in [-0.05, 0) is 36.6 Å². The summed E-state index contributed by atoms with van der Waals surface area (Å²) >= 11 is 3.26. The van der Waals surface area contributed by atoms with Gasteiger partial charge in [-0.2, -0.15) is 16.8 Å². The summed E-state index contributed by atoms with van der Waals surface area (Å²) in [7, 11) is 3.23. The van der Waals surface area contributed by atoms with E-state index in [0.717, 1.165) is 28.3 Å². The van der Waals surface area contributed by atoms with Crippen molar-refractivity contribution >= 4 is 39.2 Å². The van der Waals surface area contributed by atoms with Gasteiger partial charge in [0.25, 0.3) is 5.91 Å². The van der Waals surface area contributed by atoms with E-state index in [2.05, 4.69) is 15.8 Å². The lowest BCUT2D eigenvalue weighted by Crippen LogP contribution is -2.18. The molecule has 26 heavy (non-hydrogen) atoms. The number of rotatable bonds is 6. The van der Waals surface area contributed by atoms with Crippen LogP contribution in [0.15, 0.2) is 47.5 Å². The fourth-order valence-electron chi connectivity index (χ4n) is 2.57. The maximum atomic E-state index is 12.6. The van der Waals surface area contributed by atoms with Crippen LogP contribution in [0.1, 0.15) is 10.4 Å². The molecular weight excluding hydrogens is 368 g/mol. The zero-order valence-electron chi connectivity index (χ0n) is 14.9. The topological polar surface area (TPSA) is 52.8 Å². The Morgan fingerprint density at radius 1 is 1.15 bits per heavy atom. The number of ether oxygens (including phenoxy) is 2. The van der Waals surface area contributed by atoms with Gasteiger partial charge < -0.3 is 14.0 Å². The molecule has 1 heterocycles. The van der Waals surface area contributed by atoms with Crippen LogP contribution < -0.4 is 14.3 Å². The Bertz CT molecular complexity index is 992. The van der Waals surface area contributed by atoms with Crippen LogP contribution in [-0.4, -0.2) is 36.7 Å². The zero-order valence-corrected chi connectivity index (χ0v) is 16.5. The molecule has 0 fully saturated rings. The maximum absolute atomic E-state index is 12.6. The second-order valence-electron chi connectivity index (χ2n) is 5.51. The summed E-state index contributed by atoms with van der Waals surface area (Å²) < 4.78 is 13.7. The Morgan fingerprint density at radius 3 is 2.65 bits per heavy atom. The van der Waals surface area contributed by atoms with Crippen LogP contribution in [0.5, 0.6) is 11.5 Å². The van der Waals surface area contributed by atoms with Gasteiger partial charge in [0.1, 0.15) is 11.5 Å². The first-order valence-electron chi connectivity index (χ1n) is 8.05. The van der Waals surface area contributed by atoms with Crippen LogP contribution in [0.3, 0.4) is 0 Å². The Morgan fingerprint density at radius 2 is 1.92 bits per heavy atom. The van der Waals surface area contributed by atoms with E-state index in [1.807, 2.05) is 18.2 Å². The van der Waals surface area contributed by atoms with E-state index in [1.165, 1.54) is 11.3 Å². The Balaban J connectivity index is 2.09. The molecule has 0 unspecified atom stereocenters. The molecule has 0 spiro atoms. The highest BCUT2D eigenvalue weighted by Gasteiger charge is 2.11. The maximum Gasteiger partial charge on any atom is 0.279 e. The first kappa shape index (κ1) is 18.5. The Labute approximate surface area is 160 Å². The van der Waals surface area contributed by atoms with Gasteiger partial charge in [0.05, 0.1) is 24.4 Å². The number of carbonyl (C=O) groups is 1. The third-order valence-electron chi connectivity index (χ3n) is 3.92. The van der Waals surface area contributed by atoms with Gasteiger partial charge in [0.2, 0.25) is 0 Å². The molecule has 0 radical (unpaired) electrons. The molecule has 0 N–H and O–H groups in total. The van der Waals surface area contributed by atoms with Crippen LogP contribution in [0.2, 0.25) is 0 Å². The van der Waals surface area contributed by atoms with Crippen molar-refractivity contribution < 1.29 is 14.3 Å². The minimum absolute atomic E-state index is 0.277. The van der Waals surface area contributed by atoms with Gasteiger partial charge in [-0.1, -0.05) is 17.4 Å². The molecule has 0 aliphatic carbocycles. The highest BCUT2D eigenvalue weighted by atomic mass is 32.2. The van der Waals surface area contributed by atoms with Gasteiger partial charge in [0, 0.05) is 23.9 Å². The number of carbonyl (C=O) groups excluding carboxylic acids is 1. The molecule has 0 saturated carbocycles. The molecule has 136 valence electrons. The number of methoxy groups -OCH3 is 2. The van der Waals surface area contributed by atoms with E-state index in [1.54, 1.807) is 50.2 Å². The van der Waals surface area contributed by atoms with E-state index in [4.69, 9.17) is 9.47 Å². The lowest BCUT2D eigenvalue weighted by atomic mass is 10.2. The summed E-state index contributed by atoms with van der Waals surface area (Å²) in [5, 5.41) is 0. The molecule has 3 rings (SSSR count). The summed E-state index contributed by atoms with van der Waals surface area (Å²) in [5.41, 5.74) is 1.54. The quantitative estimate of drug-likeness (QED) is 0.644. The predicted molar refractivity (Wildman–Crippen MR) is 108 cm³/mol. The molecule has 5 nitrogen and oxygen atoms in total. The van der Waals surface area contributed by atoms with Crippen molar-refractivity contribution in [1.82, 2.24) is 4.57 Å². The van der Waals surface area contributed by atoms with Crippen LogP contribution in [-0.2, 0) is 6.54 Å². The number of hydrogen-bond acceptors (Lipinski definition) is 5. The van der Waals surface area contributed by atoms with Crippen molar-refractivity contribution in [3.05, 3.63) is 52.8 Å². The molecule has 0 aliphatic rings. The van der Waals surface area contributed by atoms with Gasteiger partial charge in [-0.3, -0.25) is 4.79 Å². The van der Waals surface area contributed by atoms with E-state index < -0.39 is 0 Å². The molecule has 0 bridgehead atoms. The molecule has 0 atom stereocenters. The van der Waals surface area contributed by atoms with E-state index in [0.29, 0.717) is 16.1 Å². The van der Waals surface area contributed by atoms with Gasteiger partial charge in [-0.25, -0.2) is 0 Å². The van der Waals surface area contributed by atoms with Crippen molar-refractivity contribution in [1.29, 1.82) is 0 Å². The minimum Gasteiger partial charge on any atom is -0.497 e. The number of thioether (sulfide) groups is 1. The predicted octanol–water partition coefficient (Wildman–Crippen LogP) is 3.82. The summed E-state index contributed by atoms with van der Waals surface area (Å²) in [5.74, 6) is 2.09. The van der Waals surface area contributed by atoms with E-state index in [-0.39, 0.29) is 5.91 Å². The largest absolute Gasteiger partial charge is 0.497 e. The van der Waals surface area contributed by atoms with Crippen molar-refractivity contribution in [2.45, 2.75) is 6.54 Å². The van der Waals surface area contributed by atoms with E-state index >= 15 is 0 Å². The van der Waals surface area contributed by atoms with Crippen LogP contribution in [0, 0.1) is 0 Å². The summed E-state index contributed by atoms with van der Waals surface area (Å²) in [6.07, 6.45) is 2.06. The molecule has 2 aromatic carbocycles. The second kappa shape index (κ2) is 8.42. The third-order valence-corrected chi connectivity index (χ3v) is 5.57. The SMILES string of the molecule is COc1cccc(C(=O)N=c2sc3ccc(OC)cc3n2CCSC)c1. The van der Waals surface area contributed by atoms with Crippen LogP contribution in [0.25, 0.3) is 10.2 Å². The van der Waals surface area contributed by atoms with E-state index in [9.17, 15) is 4.79 Å². The summed E-state index contributed by atoms with van der Waals surface area (Å²) in [4.78, 5) is 17.7. The molecular formula is C19H20N2O3S2. The smallest absolute Gasteiger partial charge is 0.279 e. The zero-order chi connectivity index (χ0) is 18.5. The fourth-order valence-corrected chi connectivity index (χ4v) is 3.97. The average molecular weight is 389 g/mol. The molecule has 0 aliphatic heterocycles. The third kappa shape index (κ3) is 3.94. The van der Waals surface area contributed by atoms with Gasteiger partial charge in [-0.15, -0.1) is 0 Å². The number of hydrogen-bond donors (Lipinski definition) is 0. The number of fused-ring (bicyclic) bond motifs is 1. The molecule has 1 aromatic heterocycles. The Hall–Kier alpha value is -2.25. The van der Waals surface area contributed by atoms with Crippen molar-refractivity contribution in [3.63, 3.8) is 0 Å². The highest BCUT2D eigenvalue weighted by molar-refractivity contribution is 7.98. The van der Waals surface area contributed by atoms with Crippen molar-refractivity contribution in [2.75, 3.05) is 26.2 Å².